The topological polar surface area (TPSA) is 43.8 Å². The third-order valence-electron chi connectivity index (χ3n) is 2.82. The van der Waals surface area contributed by atoms with Crippen LogP contribution >= 0.6 is 31.9 Å². The molecule has 96 valence electrons. The number of benzene rings is 2. The van der Waals surface area contributed by atoms with Crippen molar-refractivity contribution in [1.82, 2.24) is 9.55 Å². The quantitative estimate of drug-likeness (QED) is 0.680. The summed E-state index contributed by atoms with van der Waals surface area (Å²) in [6, 6.07) is 10.7. The number of hydrogen-bond acceptors (Lipinski definition) is 2. The Morgan fingerprint density at radius 3 is 2.58 bits per heavy atom. The molecular weight excluding hydrogens is 377 g/mol. The lowest BCUT2D eigenvalue weighted by atomic mass is 10.2. The van der Waals surface area contributed by atoms with E-state index in [1.54, 1.807) is 10.6 Å². The predicted molar refractivity (Wildman–Crippen MR) is 80.8 cm³/mol. The summed E-state index contributed by atoms with van der Waals surface area (Å²) >= 11 is 6.66. The Morgan fingerprint density at radius 1 is 1.11 bits per heavy atom. The summed E-state index contributed by atoms with van der Waals surface area (Å²) in [6.07, 6.45) is 0. The fraction of sp³-hybridized carbons (Fsp3) is 0. The van der Waals surface area contributed by atoms with E-state index in [0.717, 1.165) is 15.7 Å². The summed E-state index contributed by atoms with van der Waals surface area (Å²) in [5, 5.41) is 0. The monoisotopic (exact) mass is 383 g/mol. The van der Waals surface area contributed by atoms with Gasteiger partial charge in [-0.15, -0.1) is 0 Å². The molecule has 19 heavy (non-hydrogen) atoms. The maximum absolute atomic E-state index is 13.5. The van der Waals surface area contributed by atoms with E-state index < -0.39 is 0 Å². The van der Waals surface area contributed by atoms with Crippen LogP contribution in [0.1, 0.15) is 0 Å². The first-order valence-electron chi connectivity index (χ1n) is 5.46. The molecule has 0 unspecified atom stereocenters. The Balaban J connectivity index is 2.38. The summed E-state index contributed by atoms with van der Waals surface area (Å²) in [4.78, 5) is 4.19. The molecule has 0 aliphatic rings. The van der Waals surface area contributed by atoms with Crippen LogP contribution < -0.4 is 5.73 Å². The molecule has 3 aromatic rings. The Bertz CT molecular complexity index is 783. The molecule has 2 aromatic carbocycles. The summed E-state index contributed by atoms with van der Waals surface area (Å²) < 4.78 is 16.6. The fourth-order valence-electron chi connectivity index (χ4n) is 1.98. The van der Waals surface area contributed by atoms with Gasteiger partial charge in [0.15, 0.2) is 0 Å². The van der Waals surface area contributed by atoms with Crippen LogP contribution in [0.3, 0.4) is 0 Å². The Labute approximate surface area is 125 Å². The van der Waals surface area contributed by atoms with Gasteiger partial charge in [0.2, 0.25) is 5.95 Å². The van der Waals surface area contributed by atoms with Gasteiger partial charge in [-0.05, 0) is 50.1 Å². The zero-order chi connectivity index (χ0) is 13.6. The van der Waals surface area contributed by atoms with Crippen molar-refractivity contribution in [3.63, 3.8) is 0 Å². The summed E-state index contributed by atoms with van der Waals surface area (Å²) in [7, 11) is 0. The van der Waals surface area contributed by atoms with Crippen LogP contribution in [-0.4, -0.2) is 9.55 Å². The third-order valence-corrected chi connectivity index (χ3v) is 4.09. The molecule has 1 heterocycles. The van der Waals surface area contributed by atoms with Crippen molar-refractivity contribution >= 4 is 48.8 Å². The SMILES string of the molecule is Nc1nc2cc(F)c(Br)cc2n1-c1ccccc1Br. The molecule has 6 heteroatoms. The molecule has 0 bridgehead atoms. The molecule has 0 spiro atoms. The van der Waals surface area contributed by atoms with Crippen molar-refractivity contribution in [1.29, 1.82) is 0 Å². The van der Waals surface area contributed by atoms with E-state index in [9.17, 15) is 4.39 Å². The van der Waals surface area contributed by atoms with E-state index in [4.69, 9.17) is 5.73 Å². The van der Waals surface area contributed by atoms with E-state index in [1.165, 1.54) is 6.07 Å². The predicted octanol–water partition coefficient (Wildman–Crippen LogP) is 4.27. The summed E-state index contributed by atoms with van der Waals surface area (Å²) in [6.45, 7) is 0. The first-order chi connectivity index (χ1) is 9.08. The lowest BCUT2D eigenvalue weighted by molar-refractivity contribution is 0.623. The standard InChI is InChI=1S/C13H8Br2FN3/c14-7-3-1-2-4-11(7)19-12-5-8(15)9(16)6-10(12)18-13(19)17/h1-6H,(H2,17,18). The number of fused-ring (bicyclic) bond motifs is 1. The molecule has 0 amide bonds. The number of hydrogen-bond donors (Lipinski definition) is 1. The molecule has 1 aromatic heterocycles. The number of nitrogen functional groups attached to an aromatic ring is 1. The highest BCUT2D eigenvalue weighted by Crippen LogP contribution is 2.30. The molecule has 3 rings (SSSR count). The van der Waals surface area contributed by atoms with E-state index in [1.807, 2.05) is 24.3 Å². The molecule has 0 radical (unpaired) electrons. The lowest BCUT2D eigenvalue weighted by Gasteiger charge is -2.08. The average Bonchev–Trinajstić information content (AvgIpc) is 2.66. The van der Waals surface area contributed by atoms with Gasteiger partial charge in [-0.25, -0.2) is 9.37 Å². The third kappa shape index (κ3) is 2.04. The number of anilines is 1. The lowest BCUT2D eigenvalue weighted by Crippen LogP contribution is -2.01. The van der Waals surface area contributed by atoms with Crippen molar-refractivity contribution < 1.29 is 4.39 Å². The van der Waals surface area contributed by atoms with Crippen molar-refractivity contribution in [2.24, 2.45) is 0 Å². The molecule has 0 saturated heterocycles. The second kappa shape index (κ2) is 4.61. The van der Waals surface area contributed by atoms with Crippen molar-refractivity contribution in [2.45, 2.75) is 0 Å². The average molecular weight is 385 g/mol. The van der Waals surface area contributed by atoms with Crippen molar-refractivity contribution in [3.05, 3.63) is 51.2 Å². The van der Waals surface area contributed by atoms with Crippen molar-refractivity contribution in [2.75, 3.05) is 5.73 Å². The molecule has 3 nitrogen and oxygen atoms in total. The van der Waals surface area contributed by atoms with E-state index in [2.05, 4.69) is 36.8 Å². The van der Waals surface area contributed by atoms with Gasteiger partial charge in [-0.3, -0.25) is 4.57 Å². The largest absolute Gasteiger partial charge is 0.369 e. The highest BCUT2D eigenvalue weighted by molar-refractivity contribution is 9.10. The van der Waals surface area contributed by atoms with Gasteiger partial charge < -0.3 is 5.73 Å². The highest BCUT2D eigenvalue weighted by Gasteiger charge is 2.14. The maximum atomic E-state index is 13.5. The number of nitrogens with zero attached hydrogens (tertiary/aromatic N) is 2. The number of imidazole rings is 1. The van der Waals surface area contributed by atoms with E-state index in [0.29, 0.717) is 15.9 Å². The van der Waals surface area contributed by atoms with E-state index in [-0.39, 0.29) is 5.82 Å². The Morgan fingerprint density at radius 2 is 1.84 bits per heavy atom. The Hall–Kier alpha value is -1.40. The van der Waals surface area contributed by atoms with Crippen LogP contribution in [0.2, 0.25) is 0 Å². The smallest absolute Gasteiger partial charge is 0.205 e. The molecule has 0 fully saturated rings. The number of rotatable bonds is 1. The molecule has 2 N–H and O–H groups in total. The molecular formula is C13H8Br2FN3. The maximum Gasteiger partial charge on any atom is 0.205 e. The van der Waals surface area contributed by atoms with Gasteiger partial charge in [-0.1, -0.05) is 12.1 Å². The van der Waals surface area contributed by atoms with Gasteiger partial charge in [0.1, 0.15) is 5.82 Å². The first-order valence-corrected chi connectivity index (χ1v) is 7.04. The zero-order valence-electron chi connectivity index (χ0n) is 9.57. The van der Waals surface area contributed by atoms with Crippen LogP contribution in [0.15, 0.2) is 45.3 Å². The highest BCUT2D eigenvalue weighted by atomic mass is 79.9. The normalized spacial score (nSPS) is 11.1. The van der Waals surface area contributed by atoms with Gasteiger partial charge in [0, 0.05) is 10.5 Å². The Kier molecular flexibility index (Phi) is 3.06. The van der Waals surface area contributed by atoms with E-state index >= 15 is 0 Å². The van der Waals surface area contributed by atoms with Gasteiger partial charge >= 0.3 is 0 Å². The first kappa shape index (κ1) is 12.6. The molecule has 0 atom stereocenters. The minimum absolute atomic E-state index is 0.319. The van der Waals surface area contributed by atoms with Gasteiger partial charge in [0.25, 0.3) is 0 Å². The fourth-order valence-corrected chi connectivity index (χ4v) is 2.77. The van der Waals surface area contributed by atoms with Crippen LogP contribution in [0.5, 0.6) is 0 Å². The van der Waals surface area contributed by atoms with Crippen LogP contribution in [0.4, 0.5) is 10.3 Å². The van der Waals surface area contributed by atoms with Crippen molar-refractivity contribution in [3.8, 4) is 5.69 Å². The number of para-hydroxylation sites is 1. The number of aromatic nitrogens is 2. The van der Waals surface area contributed by atoms with Crippen LogP contribution in [-0.2, 0) is 0 Å². The minimum Gasteiger partial charge on any atom is -0.369 e. The second-order valence-corrected chi connectivity index (χ2v) is 5.72. The summed E-state index contributed by atoms with van der Waals surface area (Å²) in [5.74, 6) is -0.0383. The zero-order valence-corrected chi connectivity index (χ0v) is 12.7. The van der Waals surface area contributed by atoms with Gasteiger partial charge in [0.05, 0.1) is 21.2 Å². The number of nitrogens with two attached hydrogens (primary N) is 1. The molecule has 0 saturated carbocycles. The van der Waals surface area contributed by atoms with Crippen LogP contribution in [0, 0.1) is 5.82 Å². The van der Waals surface area contributed by atoms with Crippen LogP contribution in [0.25, 0.3) is 16.7 Å². The molecule has 0 aliphatic heterocycles. The minimum atomic E-state index is -0.357. The summed E-state index contributed by atoms with van der Waals surface area (Å²) in [5.41, 5.74) is 8.08. The van der Waals surface area contributed by atoms with Gasteiger partial charge in [-0.2, -0.15) is 0 Å². The second-order valence-electron chi connectivity index (χ2n) is 4.01. The molecule has 0 aliphatic carbocycles. The number of halogens is 3.